The smallest absolute Gasteiger partial charge is 0.387 e. The first-order valence-electron chi connectivity index (χ1n) is 12.4. The van der Waals surface area contributed by atoms with Crippen LogP contribution in [0.25, 0.3) is 33.5 Å². The SMILES string of the molecule is CCNCc1cncc(-c2ccc3[nH]nc(-c4ncc(C(=O)NCc5ccc(OC(F)F)cc5)[nH]4)c3c2)c1C. The van der Waals surface area contributed by atoms with Gasteiger partial charge in [-0.25, -0.2) is 4.98 Å². The molecule has 4 N–H and O–H groups in total. The number of fused-ring (bicyclic) bond motifs is 1. The number of benzene rings is 2. The van der Waals surface area contributed by atoms with E-state index >= 15 is 0 Å². The second-order valence-electron chi connectivity index (χ2n) is 8.93. The van der Waals surface area contributed by atoms with Gasteiger partial charge >= 0.3 is 6.61 Å². The maximum absolute atomic E-state index is 12.7. The van der Waals surface area contributed by atoms with Crippen LogP contribution < -0.4 is 15.4 Å². The van der Waals surface area contributed by atoms with Crippen molar-refractivity contribution >= 4 is 16.8 Å². The molecule has 0 unspecified atom stereocenters. The first-order chi connectivity index (χ1) is 18.9. The lowest BCUT2D eigenvalue weighted by Gasteiger charge is -2.11. The number of amides is 1. The summed E-state index contributed by atoms with van der Waals surface area (Å²) < 4.78 is 29.0. The Kier molecular flexibility index (Phi) is 7.60. The van der Waals surface area contributed by atoms with E-state index in [1.54, 1.807) is 12.1 Å². The predicted molar refractivity (Wildman–Crippen MR) is 143 cm³/mol. The van der Waals surface area contributed by atoms with E-state index in [2.05, 4.69) is 54.4 Å². The van der Waals surface area contributed by atoms with Crippen LogP contribution in [0, 0.1) is 6.92 Å². The number of H-pyrrole nitrogens is 2. The number of rotatable bonds is 10. The van der Waals surface area contributed by atoms with Gasteiger partial charge in [0.2, 0.25) is 0 Å². The molecule has 1 amide bonds. The highest BCUT2D eigenvalue weighted by molar-refractivity contribution is 5.96. The fraction of sp³-hybridized carbons (Fsp3) is 0.214. The number of ether oxygens (including phenoxy) is 1. The fourth-order valence-electron chi connectivity index (χ4n) is 4.28. The molecule has 200 valence electrons. The number of pyridine rings is 1. The largest absolute Gasteiger partial charge is 0.435 e. The van der Waals surface area contributed by atoms with Gasteiger partial charge in [0, 0.05) is 36.4 Å². The first-order valence-corrected chi connectivity index (χ1v) is 12.4. The minimum absolute atomic E-state index is 0.0558. The van der Waals surface area contributed by atoms with Crippen LogP contribution in [-0.4, -0.2) is 44.2 Å². The summed E-state index contributed by atoms with van der Waals surface area (Å²) in [6.07, 6.45) is 5.20. The standard InChI is InChI=1S/C28H27F2N7O2/c1-3-31-12-19-13-32-14-22(16(19)2)18-6-9-23-21(10-18)25(37-36-23)26-33-15-24(35-26)27(38)34-11-17-4-7-20(8-5-17)39-28(29)30/h4-10,13-15,28,31H,3,11-12H2,1-2H3,(H,33,35)(H,34,38)(H,36,37). The number of hydrogen-bond acceptors (Lipinski definition) is 6. The zero-order chi connectivity index (χ0) is 27.4. The minimum Gasteiger partial charge on any atom is -0.435 e. The van der Waals surface area contributed by atoms with Crippen LogP contribution in [0.1, 0.15) is 34.1 Å². The average Bonchev–Trinajstić information content (AvgIpc) is 3.59. The average molecular weight is 532 g/mol. The highest BCUT2D eigenvalue weighted by atomic mass is 19.3. The second kappa shape index (κ2) is 11.4. The van der Waals surface area contributed by atoms with Gasteiger partial charge in [0.15, 0.2) is 5.82 Å². The Labute approximate surface area is 223 Å². The molecule has 5 rings (SSSR count). The van der Waals surface area contributed by atoms with Crippen LogP contribution in [0.2, 0.25) is 0 Å². The van der Waals surface area contributed by atoms with E-state index in [4.69, 9.17) is 0 Å². The number of aromatic nitrogens is 5. The third kappa shape index (κ3) is 5.78. The van der Waals surface area contributed by atoms with Crippen molar-refractivity contribution in [1.29, 1.82) is 0 Å². The number of halogens is 2. The third-order valence-corrected chi connectivity index (χ3v) is 6.41. The molecule has 3 heterocycles. The molecule has 2 aromatic carbocycles. The van der Waals surface area contributed by atoms with Gasteiger partial charge in [-0.15, -0.1) is 0 Å². The second-order valence-corrected chi connectivity index (χ2v) is 8.93. The Morgan fingerprint density at radius 2 is 1.90 bits per heavy atom. The number of carbonyl (C=O) groups is 1. The lowest BCUT2D eigenvalue weighted by molar-refractivity contribution is -0.0498. The Bertz CT molecular complexity index is 1600. The molecule has 0 aliphatic heterocycles. The number of hydrogen-bond donors (Lipinski definition) is 4. The topological polar surface area (TPSA) is 121 Å². The summed E-state index contributed by atoms with van der Waals surface area (Å²) in [4.78, 5) is 24.6. The van der Waals surface area contributed by atoms with Crippen LogP contribution in [0.4, 0.5) is 8.78 Å². The summed E-state index contributed by atoms with van der Waals surface area (Å²) in [6, 6.07) is 12.1. The number of aromatic amines is 2. The quantitative estimate of drug-likeness (QED) is 0.202. The van der Waals surface area contributed by atoms with Gasteiger partial charge in [-0.1, -0.05) is 25.1 Å². The maximum atomic E-state index is 12.7. The van der Waals surface area contributed by atoms with Crippen LogP contribution in [0.3, 0.4) is 0 Å². The zero-order valence-electron chi connectivity index (χ0n) is 21.4. The normalized spacial score (nSPS) is 11.3. The van der Waals surface area contributed by atoms with E-state index in [1.807, 2.05) is 30.6 Å². The van der Waals surface area contributed by atoms with Crippen LogP contribution in [-0.2, 0) is 13.1 Å². The van der Waals surface area contributed by atoms with E-state index in [-0.39, 0.29) is 23.9 Å². The van der Waals surface area contributed by atoms with Crippen LogP contribution >= 0.6 is 0 Å². The number of carbonyl (C=O) groups excluding carboxylic acids is 1. The summed E-state index contributed by atoms with van der Waals surface area (Å²) in [5.41, 5.74) is 6.76. The molecule has 0 saturated heterocycles. The summed E-state index contributed by atoms with van der Waals surface area (Å²) >= 11 is 0. The molecule has 11 heteroatoms. The molecule has 0 saturated carbocycles. The highest BCUT2D eigenvalue weighted by Gasteiger charge is 2.17. The van der Waals surface area contributed by atoms with Crippen molar-refractivity contribution < 1.29 is 18.3 Å². The minimum atomic E-state index is -2.89. The van der Waals surface area contributed by atoms with Crippen molar-refractivity contribution in [2.24, 2.45) is 0 Å². The summed E-state index contributed by atoms with van der Waals surface area (Å²) in [5, 5.41) is 14.5. The number of nitrogens with zero attached hydrogens (tertiary/aromatic N) is 3. The molecule has 3 aromatic heterocycles. The number of nitrogens with one attached hydrogen (secondary N) is 4. The molecule has 0 fully saturated rings. The van der Waals surface area contributed by atoms with E-state index in [1.165, 1.54) is 18.3 Å². The van der Waals surface area contributed by atoms with E-state index in [0.717, 1.165) is 51.8 Å². The Balaban J connectivity index is 1.33. The summed E-state index contributed by atoms with van der Waals surface area (Å²) in [7, 11) is 0. The van der Waals surface area contributed by atoms with Crippen molar-refractivity contribution in [3.63, 3.8) is 0 Å². The third-order valence-electron chi connectivity index (χ3n) is 6.41. The zero-order valence-corrected chi connectivity index (χ0v) is 21.4. The van der Waals surface area contributed by atoms with Gasteiger partial charge in [0.1, 0.15) is 17.1 Å². The Hall–Kier alpha value is -4.64. The molecule has 0 radical (unpaired) electrons. The molecule has 0 aliphatic rings. The van der Waals surface area contributed by atoms with Crippen LogP contribution in [0.5, 0.6) is 5.75 Å². The van der Waals surface area contributed by atoms with E-state index in [9.17, 15) is 13.6 Å². The van der Waals surface area contributed by atoms with E-state index < -0.39 is 6.61 Å². The molecule has 0 aliphatic carbocycles. The van der Waals surface area contributed by atoms with Crippen molar-refractivity contribution in [2.45, 2.75) is 33.5 Å². The van der Waals surface area contributed by atoms with Crippen molar-refractivity contribution in [3.05, 3.63) is 83.4 Å². The highest BCUT2D eigenvalue weighted by Crippen LogP contribution is 2.31. The molecule has 39 heavy (non-hydrogen) atoms. The molecule has 0 atom stereocenters. The molecule has 9 nitrogen and oxygen atoms in total. The summed E-state index contributed by atoms with van der Waals surface area (Å²) in [6.45, 7) is 3.11. The van der Waals surface area contributed by atoms with Gasteiger partial charge in [-0.05, 0) is 60.0 Å². The van der Waals surface area contributed by atoms with Gasteiger partial charge in [-0.2, -0.15) is 13.9 Å². The van der Waals surface area contributed by atoms with Gasteiger partial charge in [0.25, 0.3) is 5.91 Å². The Morgan fingerprint density at radius 3 is 2.67 bits per heavy atom. The molecular formula is C28H27F2N7O2. The van der Waals surface area contributed by atoms with Crippen molar-refractivity contribution in [3.8, 4) is 28.4 Å². The monoisotopic (exact) mass is 531 g/mol. The number of imidazole rings is 1. The lowest BCUT2D eigenvalue weighted by atomic mass is 9.98. The first kappa shape index (κ1) is 26.0. The molecule has 0 spiro atoms. The van der Waals surface area contributed by atoms with Gasteiger partial charge in [-0.3, -0.25) is 14.9 Å². The number of alkyl halides is 2. The van der Waals surface area contributed by atoms with Crippen molar-refractivity contribution in [1.82, 2.24) is 35.8 Å². The molecule has 5 aromatic rings. The van der Waals surface area contributed by atoms with Gasteiger partial charge in [0.05, 0.1) is 11.7 Å². The van der Waals surface area contributed by atoms with E-state index in [0.29, 0.717) is 11.5 Å². The maximum Gasteiger partial charge on any atom is 0.387 e. The van der Waals surface area contributed by atoms with Crippen molar-refractivity contribution in [2.75, 3.05) is 6.54 Å². The molecular weight excluding hydrogens is 504 g/mol. The predicted octanol–water partition coefficient (Wildman–Crippen LogP) is 4.96. The Morgan fingerprint density at radius 1 is 1.08 bits per heavy atom. The molecule has 0 bridgehead atoms. The lowest BCUT2D eigenvalue weighted by Crippen LogP contribution is -2.23. The summed E-state index contributed by atoms with van der Waals surface area (Å²) in [5.74, 6) is 0.148. The fourth-order valence-corrected chi connectivity index (χ4v) is 4.28. The van der Waals surface area contributed by atoms with Crippen LogP contribution in [0.15, 0.2) is 61.1 Å². The van der Waals surface area contributed by atoms with Gasteiger partial charge < -0.3 is 20.4 Å².